The van der Waals surface area contributed by atoms with Crippen molar-refractivity contribution < 1.29 is 9.59 Å². The van der Waals surface area contributed by atoms with Gasteiger partial charge in [-0.05, 0) is 25.0 Å². The van der Waals surface area contributed by atoms with E-state index in [1.165, 1.54) is 19.0 Å². The molecule has 8 heteroatoms. The smallest absolute Gasteiger partial charge is 0.313 e. The predicted molar refractivity (Wildman–Crippen MR) is 93.1 cm³/mol. The van der Waals surface area contributed by atoms with Crippen molar-refractivity contribution in [1.82, 2.24) is 15.3 Å². The van der Waals surface area contributed by atoms with Crippen molar-refractivity contribution in [2.24, 2.45) is 0 Å². The van der Waals surface area contributed by atoms with E-state index in [-0.39, 0.29) is 0 Å². The average Bonchev–Trinajstić information content (AvgIpc) is 3.27. The maximum absolute atomic E-state index is 11.8. The predicted octanol–water partition coefficient (Wildman–Crippen LogP) is 1.44. The Balaban J connectivity index is 1.42. The van der Waals surface area contributed by atoms with Crippen LogP contribution in [0, 0.1) is 0 Å². The van der Waals surface area contributed by atoms with Gasteiger partial charge in [0, 0.05) is 37.6 Å². The number of rotatable bonds is 5. The quantitative estimate of drug-likeness (QED) is 0.801. The van der Waals surface area contributed by atoms with Gasteiger partial charge in [-0.3, -0.25) is 14.6 Å². The van der Waals surface area contributed by atoms with Gasteiger partial charge in [-0.1, -0.05) is 0 Å². The second-order valence-electron chi connectivity index (χ2n) is 5.52. The third-order valence-corrected chi connectivity index (χ3v) is 4.66. The number of aromatic nitrogens is 2. The molecule has 0 saturated carbocycles. The van der Waals surface area contributed by atoms with E-state index in [0.717, 1.165) is 23.9 Å². The van der Waals surface area contributed by atoms with Crippen LogP contribution in [0.1, 0.15) is 18.5 Å². The monoisotopic (exact) mass is 345 g/mol. The molecule has 1 aliphatic heterocycles. The number of nitrogens with zero attached hydrogens (tertiary/aromatic N) is 3. The lowest BCUT2D eigenvalue weighted by molar-refractivity contribution is -0.136. The Morgan fingerprint density at radius 3 is 2.83 bits per heavy atom. The molecule has 7 nitrogen and oxygen atoms in total. The maximum Gasteiger partial charge on any atom is 0.313 e. The topological polar surface area (TPSA) is 87.2 Å². The highest BCUT2D eigenvalue weighted by atomic mass is 32.1. The van der Waals surface area contributed by atoms with Gasteiger partial charge in [-0.2, -0.15) is 0 Å². The van der Waals surface area contributed by atoms with Crippen LogP contribution in [0.2, 0.25) is 0 Å². The molecule has 2 aromatic rings. The van der Waals surface area contributed by atoms with Gasteiger partial charge in [0.05, 0.1) is 17.6 Å². The third kappa shape index (κ3) is 4.29. The minimum Gasteiger partial charge on any atom is -0.348 e. The molecule has 3 heterocycles. The number of anilines is 2. The number of thiazole rings is 1. The highest BCUT2D eigenvalue weighted by Gasteiger charge is 2.16. The Morgan fingerprint density at radius 2 is 2.08 bits per heavy atom. The van der Waals surface area contributed by atoms with E-state index in [1.807, 2.05) is 5.38 Å². The lowest BCUT2D eigenvalue weighted by atomic mass is 10.3. The summed E-state index contributed by atoms with van der Waals surface area (Å²) in [4.78, 5) is 34.3. The molecule has 0 aromatic carbocycles. The first-order valence-corrected chi connectivity index (χ1v) is 8.79. The Labute approximate surface area is 144 Å². The molecular formula is C16H19N5O2S. The summed E-state index contributed by atoms with van der Waals surface area (Å²) < 4.78 is 0. The van der Waals surface area contributed by atoms with Gasteiger partial charge in [0.25, 0.3) is 0 Å². The number of pyridine rings is 1. The SMILES string of the molecule is O=C(NCCc1csc(N2CCCC2)n1)C(=O)Nc1cccnc1. The Kier molecular flexibility index (Phi) is 5.37. The van der Waals surface area contributed by atoms with Crippen LogP contribution in [0.15, 0.2) is 29.9 Å². The summed E-state index contributed by atoms with van der Waals surface area (Å²) in [6.07, 6.45) is 6.13. The molecule has 1 saturated heterocycles. The van der Waals surface area contributed by atoms with E-state index in [4.69, 9.17) is 0 Å². The Hall–Kier alpha value is -2.48. The van der Waals surface area contributed by atoms with Crippen molar-refractivity contribution in [1.29, 1.82) is 0 Å². The van der Waals surface area contributed by atoms with Gasteiger partial charge in [0.2, 0.25) is 0 Å². The van der Waals surface area contributed by atoms with Gasteiger partial charge in [-0.15, -0.1) is 11.3 Å². The van der Waals surface area contributed by atoms with Crippen LogP contribution >= 0.6 is 11.3 Å². The number of nitrogens with one attached hydrogen (secondary N) is 2. The van der Waals surface area contributed by atoms with E-state index in [0.29, 0.717) is 18.7 Å². The molecule has 0 unspecified atom stereocenters. The maximum atomic E-state index is 11.8. The van der Waals surface area contributed by atoms with Gasteiger partial charge < -0.3 is 15.5 Å². The van der Waals surface area contributed by atoms with Crippen molar-refractivity contribution in [3.63, 3.8) is 0 Å². The molecule has 1 fully saturated rings. The lowest BCUT2D eigenvalue weighted by Crippen LogP contribution is -2.36. The van der Waals surface area contributed by atoms with Crippen molar-refractivity contribution in [3.8, 4) is 0 Å². The van der Waals surface area contributed by atoms with E-state index in [2.05, 4.69) is 25.5 Å². The first kappa shape index (κ1) is 16.4. The summed E-state index contributed by atoms with van der Waals surface area (Å²) in [6, 6.07) is 3.36. The number of carbonyl (C=O) groups is 2. The summed E-state index contributed by atoms with van der Waals surface area (Å²) in [6.45, 7) is 2.51. The fourth-order valence-electron chi connectivity index (χ4n) is 2.47. The van der Waals surface area contributed by atoms with Crippen molar-refractivity contribution in [3.05, 3.63) is 35.6 Å². The fraction of sp³-hybridized carbons (Fsp3) is 0.375. The molecule has 0 atom stereocenters. The molecule has 2 amide bonds. The van der Waals surface area contributed by atoms with Crippen LogP contribution in [0.4, 0.5) is 10.8 Å². The van der Waals surface area contributed by atoms with Crippen LogP contribution in [-0.2, 0) is 16.0 Å². The van der Waals surface area contributed by atoms with Crippen molar-refractivity contribution in [2.45, 2.75) is 19.3 Å². The lowest BCUT2D eigenvalue weighted by Gasteiger charge is -2.12. The molecule has 24 heavy (non-hydrogen) atoms. The molecule has 3 rings (SSSR count). The fourth-order valence-corrected chi connectivity index (χ4v) is 3.39. The first-order chi connectivity index (χ1) is 11.7. The number of amides is 2. The zero-order valence-corrected chi connectivity index (χ0v) is 14.0. The third-order valence-electron chi connectivity index (χ3n) is 3.71. The average molecular weight is 345 g/mol. The number of hydrogen-bond acceptors (Lipinski definition) is 6. The minimum absolute atomic E-state index is 0.377. The minimum atomic E-state index is -0.695. The molecule has 126 valence electrons. The second-order valence-corrected chi connectivity index (χ2v) is 6.35. The van der Waals surface area contributed by atoms with Crippen LogP contribution in [-0.4, -0.2) is 41.4 Å². The van der Waals surface area contributed by atoms with Gasteiger partial charge in [-0.25, -0.2) is 4.98 Å². The molecule has 2 aromatic heterocycles. The van der Waals surface area contributed by atoms with Crippen LogP contribution < -0.4 is 15.5 Å². The molecule has 0 spiro atoms. The molecular weight excluding hydrogens is 326 g/mol. The molecule has 0 bridgehead atoms. The Morgan fingerprint density at radius 1 is 1.25 bits per heavy atom. The van der Waals surface area contributed by atoms with Crippen molar-refractivity contribution in [2.75, 3.05) is 29.9 Å². The van der Waals surface area contributed by atoms with Gasteiger partial charge >= 0.3 is 11.8 Å². The summed E-state index contributed by atoms with van der Waals surface area (Å²) in [5.41, 5.74) is 1.43. The summed E-state index contributed by atoms with van der Waals surface area (Å²) >= 11 is 1.63. The van der Waals surface area contributed by atoms with Gasteiger partial charge in [0.15, 0.2) is 5.13 Å². The van der Waals surface area contributed by atoms with Crippen LogP contribution in [0.25, 0.3) is 0 Å². The summed E-state index contributed by atoms with van der Waals surface area (Å²) in [5.74, 6) is -1.35. The van der Waals surface area contributed by atoms with Gasteiger partial charge in [0.1, 0.15) is 0 Å². The zero-order chi connectivity index (χ0) is 16.8. The molecule has 0 radical (unpaired) electrons. The standard InChI is InChI=1S/C16H19N5O2S/c22-14(15(23)19-12-4-3-6-17-10-12)18-7-5-13-11-24-16(20-13)21-8-1-2-9-21/h3-4,6,10-11H,1-2,5,7-9H2,(H,18,22)(H,19,23). The van der Waals surface area contributed by atoms with E-state index >= 15 is 0 Å². The largest absolute Gasteiger partial charge is 0.348 e. The zero-order valence-electron chi connectivity index (χ0n) is 13.2. The molecule has 2 N–H and O–H groups in total. The Bertz CT molecular complexity index is 698. The first-order valence-electron chi connectivity index (χ1n) is 7.91. The van der Waals surface area contributed by atoms with E-state index in [9.17, 15) is 9.59 Å². The van der Waals surface area contributed by atoms with Crippen LogP contribution in [0.5, 0.6) is 0 Å². The van der Waals surface area contributed by atoms with E-state index < -0.39 is 11.8 Å². The summed E-state index contributed by atoms with van der Waals surface area (Å²) in [7, 11) is 0. The summed E-state index contributed by atoms with van der Waals surface area (Å²) in [5, 5.41) is 8.16. The molecule has 1 aliphatic rings. The second kappa shape index (κ2) is 7.87. The molecule has 0 aliphatic carbocycles. The van der Waals surface area contributed by atoms with Crippen LogP contribution in [0.3, 0.4) is 0 Å². The highest BCUT2D eigenvalue weighted by molar-refractivity contribution is 7.13. The van der Waals surface area contributed by atoms with Crippen molar-refractivity contribution >= 4 is 34.0 Å². The highest BCUT2D eigenvalue weighted by Crippen LogP contribution is 2.24. The number of hydrogen-bond donors (Lipinski definition) is 2. The number of carbonyl (C=O) groups excluding carboxylic acids is 2. The van der Waals surface area contributed by atoms with E-state index in [1.54, 1.807) is 29.7 Å². The normalized spacial score (nSPS) is 13.8.